The van der Waals surface area contributed by atoms with Gasteiger partial charge in [-0.05, 0) is 134 Å². The molecule has 0 saturated heterocycles. The van der Waals surface area contributed by atoms with E-state index in [0.29, 0.717) is 0 Å². The Hall–Kier alpha value is -8.20. The highest BCUT2D eigenvalue weighted by Crippen LogP contribution is 2.53. The number of hydrogen-bond donors (Lipinski definition) is 0. The van der Waals surface area contributed by atoms with Crippen molar-refractivity contribution in [3.8, 4) is 33.4 Å². The number of benzene rings is 10. The minimum atomic E-state index is -0.0161. The number of fused-ring (bicyclic) bond motifs is 4. The van der Waals surface area contributed by atoms with Crippen LogP contribution in [0.2, 0.25) is 0 Å². The van der Waals surface area contributed by atoms with Crippen molar-refractivity contribution in [2.45, 2.75) is 32.1 Å². The van der Waals surface area contributed by atoms with Crippen LogP contribution in [-0.4, -0.2) is 0 Å². The summed E-state index contributed by atoms with van der Waals surface area (Å²) >= 11 is 0. The van der Waals surface area contributed by atoms with Gasteiger partial charge in [0.2, 0.25) is 0 Å². The van der Waals surface area contributed by atoms with Gasteiger partial charge in [0.05, 0.1) is 5.69 Å². The Labute approximate surface area is 394 Å². The zero-order valence-electron chi connectivity index (χ0n) is 37.9. The molecule has 0 spiro atoms. The van der Waals surface area contributed by atoms with Crippen molar-refractivity contribution in [2.75, 3.05) is 9.80 Å². The lowest BCUT2D eigenvalue weighted by Gasteiger charge is -2.30. The van der Waals surface area contributed by atoms with E-state index < -0.39 is 0 Å². The third-order valence-electron chi connectivity index (χ3n) is 14.1. The Morgan fingerprint density at radius 2 is 0.836 bits per heavy atom. The van der Waals surface area contributed by atoms with Crippen LogP contribution in [0.5, 0.6) is 0 Å². The Morgan fingerprint density at radius 3 is 1.48 bits per heavy atom. The van der Waals surface area contributed by atoms with Gasteiger partial charge in [0.1, 0.15) is 0 Å². The summed E-state index contributed by atoms with van der Waals surface area (Å²) in [5.74, 6) is 0. The van der Waals surface area contributed by atoms with Crippen LogP contribution in [0.15, 0.2) is 248 Å². The average Bonchev–Trinajstić information content (AvgIpc) is 3.62. The van der Waals surface area contributed by atoms with E-state index in [1.807, 2.05) is 0 Å². The molecule has 0 heterocycles. The summed E-state index contributed by atoms with van der Waals surface area (Å²) in [7, 11) is 0. The molecule has 0 N–H and O–H groups in total. The predicted molar refractivity (Wildman–Crippen MR) is 285 cm³/mol. The molecule has 67 heavy (non-hydrogen) atoms. The molecule has 0 aromatic heterocycles. The van der Waals surface area contributed by atoms with Gasteiger partial charge in [-0.15, -0.1) is 0 Å². The monoisotopic (exact) mass is 858 g/mol. The average molecular weight is 859 g/mol. The fourth-order valence-electron chi connectivity index (χ4n) is 10.9. The van der Waals surface area contributed by atoms with E-state index in [9.17, 15) is 0 Å². The predicted octanol–water partition coefficient (Wildman–Crippen LogP) is 18.3. The smallest absolute Gasteiger partial charge is 0.0618 e. The minimum Gasteiger partial charge on any atom is -0.310 e. The lowest BCUT2D eigenvalue weighted by Crippen LogP contribution is -2.18. The van der Waals surface area contributed by atoms with Crippen molar-refractivity contribution >= 4 is 61.2 Å². The zero-order chi connectivity index (χ0) is 44.9. The fraction of sp³-hybridized carbons (Fsp3) is 0.0769. The van der Waals surface area contributed by atoms with Crippen molar-refractivity contribution in [3.05, 3.63) is 259 Å². The van der Waals surface area contributed by atoms with Gasteiger partial charge in [0.15, 0.2) is 0 Å². The number of para-hydroxylation sites is 1. The Morgan fingerprint density at radius 1 is 0.373 bits per heavy atom. The van der Waals surface area contributed by atoms with Crippen LogP contribution >= 0.6 is 0 Å². The first-order valence-electron chi connectivity index (χ1n) is 23.6. The van der Waals surface area contributed by atoms with Gasteiger partial charge in [0, 0.05) is 44.6 Å². The summed E-state index contributed by atoms with van der Waals surface area (Å²) in [4.78, 5) is 4.88. The standard InChI is InChI=1S/C65H50N2/c1-65(2)61-32-17-16-27-55(61)56-42-41-54(44-62(56)65)66(50-24-10-5-11-25-50)51-39-35-48(36-40-51)63-57-28-12-14-30-59(57)64(60-31-15-13-29-58(60)63)67(52-37-33-47(34-38-52)45-19-6-3-7-20-45)53-26-18-23-49(43-53)46-21-8-4-9-22-46/h3-16,18-31,33-44H,17,32H2,1-2H3. The topological polar surface area (TPSA) is 6.48 Å². The van der Waals surface area contributed by atoms with E-state index in [1.165, 1.54) is 77.3 Å². The third kappa shape index (κ3) is 7.05. The van der Waals surface area contributed by atoms with Gasteiger partial charge in [-0.2, -0.15) is 0 Å². The normalized spacial score (nSPS) is 13.7. The number of hydrogen-bond acceptors (Lipinski definition) is 2. The SMILES string of the molecule is CC1(C)C2=C(C=CCC2)c2ccc(N(c3ccccc3)c3ccc(-c4c5ccccc5c(N(c5ccc(-c6ccccc6)cc5)c5cccc(-c6ccccc6)c5)c5ccccc45)cc3)cc21. The van der Waals surface area contributed by atoms with E-state index in [1.54, 1.807) is 5.57 Å². The summed E-state index contributed by atoms with van der Waals surface area (Å²) in [6.45, 7) is 4.81. The Balaban J connectivity index is 1.01. The second-order valence-corrected chi connectivity index (χ2v) is 18.4. The largest absolute Gasteiger partial charge is 0.310 e. The molecule has 2 aliphatic carbocycles. The molecule has 0 amide bonds. The first-order valence-corrected chi connectivity index (χ1v) is 23.6. The van der Waals surface area contributed by atoms with Crippen molar-refractivity contribution in [2.24, 2.45) is 0 Å². The second kappa shape index (κ2) is 16.7. The molecule has 320 valence electrons. The number of anilines is 6. The van der Waals surface area contributed by atoms with Gasteiger partial charge < -0.3 is 9.80 Å². The first-order chi connectivity index (χ1) is 33.0. The van der Waals surface area contributed by atoms with Crippen LogP contribution in [0.3, 0.4) is 0 Å². The van der Waals surface area contributed by atoms with Gasteiger partial charge in [-0.3, -0.25) is 0 Å². The molecule has 2 nitrogen and oxygen atoms in total. The van der Waals surface area contributed by atoms with Crippen molar-refractivity contribution in [1.29, 1.82) is 0 Å². The van der Waals surface area contributed by atoms with Crippen molar-refractivity contribution in [1.82, 2.24) is 0 Å². The van der Waals surface area contributed by atoms with E-state index in [-0.39, 0.29) is 5.41 Å². The van der Waals surface area contributed by atoms with Gasteiger partial charge in [-0.1, -0.05) is 201 Å². The van der Waals surface area contributed by atoms with Crippen LogP contribution in [0.25, 0.3) is 60.5 Å². The summed E-state index contributed by atoms with van der Waals surface area (Å²) in [5, 5.41) is 4.80. The van der Waals surface area contributed by atoms with E-state index in [0.717, 1.165) is 41.3 Å². The van der Waals surface area contributed by atoms with Crippen LogP contribution < -0.4 is 9.80 Å². The van der Waals surface area contributed by atoms with Crippen molar-refractivity contribution in [3.63, 3.8) is 0 Å². The number of nitrogens with zero attached hydrogens (tertiary/aromatic N) is 2. The number of rotatable bonds is 9. The van der Waals surface area contributed by atoms with Crippen LogP contribution in [0, 0.1) is 0 Å². The molecule has 0 aliphatic heterocycles. The molecule has 10 aromatic carbocycles. The molecule has 0 saturated carbocycles. The zero-order valence-corrected chi connectivity index (χ0v) is 37.9. The number of allylic oxidation sites excluding steroid dienone is 4. The van der Waals surface area contributed by atoms with E-state index in [2.05, 4.69) is 266 Å². The Kier molecular flexibility index (Phi) is 10.0. The quantitative estimate of drug-likeness (QED) is 0.133. The lowest BCUT2D eigenvalue weighted by atomic mass is 9.78. The van der Waals surface area contributed by atoms with E-state index >= 15 is 0 Å². The molecule has 0 atom stereocenters. The highest BCUT2D eigenvalue weighted by atomic mass is 15.1. The maximum Gasteiger partial charge on any atom is 0.0618 e. The van der Waals surface area contributed by atoms with Gasteiger partial charge >= 0.3 is 0 Å². The molecule has 2 heteroatoms. The maximum atomic E-state index is 2.47. The van der Waals surface area contributed by atoms with Crippen molar-refractivity contribution < 1.29 is 0 Å². The molecular formula is C65H50N2. The highest BCUT2D eigenvalue weighted by molar-refractivity contribution is 6.22. The highest BCUT2D eigenvalue weighted by Gasteiger charge is 2.38. The minimum absolute atomic E-state index is 0.0161. The van der Waals surface area contributed by atoms with Gasteiger partial charge in [0.25, 0.3) is 0 Å². The molecule has 0 radical (unpaired) electrons. The summed E-state index contributed by atoms with van der Waals surface area (Å²) in [5.41, 5.74) is 19.7. The maximum absolute atomic E-state index is 2.47. The molecular weight excluding hydrogens is 809 g/mol. The molecule has 0 bridgehead atoms. The van der Waals surface area contributed by atoms with Crippen LogP contribution in [-0.2, 0) is 5.41 Å². The van der Waals surface area contributed by atoms with Gasteiger partial charge in [-0.25, -0.2) is 0 Å². The summed E-state index contributed by atoms with van der Waals surface area (Å²) in [6.07, 6.45) is 6.92. The third-order valence-corrected chi connectivity index (χ3v) is 14.1. The molecule has 10 aromatic rings. The fourth-order valence-corrected chi connectivity index (χ4v) is 10.9. The second-order valence-electron chi connectivity index (χ2n) is 18.4. The van der Waals surface area contributed by atoms with Crippen LogP contribution in [0.4, 0.5) is 34.1 Å². The van der Waals surface area contributed by atoms with Crippen LogP contribution in [0.1, 0.15) is 37.8 Å². The molecule has 12 rings (SSSR count). The molecule has 0 unspecified atom stereocenters. The molecule has 0 fully saturated rings. The molecule has 2 aliphatic rings. The first kappa shape index (κ1) is 40.3. The Bertz CT molecular complexity index is 3450. The lowest BCUT2D eigenvalue weighted by molar-refractivity contribution is 0.607. The van der Waals surface area contributed by atoms with E-state index in [4.69, 9.17) is 0 Å². The summed E-state index contributed by atoms with van der Waals surface area (Å²) in [6, 6.07) is 84.5. The summed E-state index contributed by atoms with van der Waals surface area (Å²) < 4.78 is 0.